The molecule has 0 radical (unpaired) electrons. The van der Waals surface area contributed by atoms with Gasteiger partial charge >= 0.3 is 0 Å². The molecule has 1 aliphatic rings. The predicted molar refractivity (Wildman–Crippen MR) is 90.3 cm³/mol. The summed E-state index contributed by atoms with van der Waals surface area (Å²) in [4.78, 5) is 25.9. The van der Waals surface area contributed by atoms with E-state index in [9.17, 15) is 18.0 Å². The molecule has 24 heavy (non-hydrogen) atoms. The average molecular weight is 356 g/mol. The summed E-state index contributed by atoms with van der Waals surface area (Å²) >= 11 is 0. The van der Waals surface area contributed by atoms with E-state index in [1.54, 1.807) is 11.8 Å². The van der Waals surface area contributed by atoms with Crippen LogP contribution >= 0.6 is 0 Å². The maximum Gasteiger partial charge on any atom is 0.274 e. The van der Waals surface area contributed by atoms with E-state index >= 15 is 0 Å². The van der Waals surface area contributed by atoms with E-state index in [1.165, 1.54) is 21.1 Å². The van der Waals surface area contributed by atoms with Crippen molar-refractivity contribution in [2.75, 3.05) is 31.9 Å². The van der Waals surface area contributed by atoms with Gasteiger partial charge in [-0.15, -0.1) is 0 Å². The highest BCUT2D eigenvalue weighted by molar-refractivity contribution is 7.89. The van der Waals surface area contributed by atoms with Crippen LogP contribution in [0.2, 0.25) is 0 Å². The summed E-state index contributed by atoms with van der Waals surface area (Å²) in [6.07, 6.45) is 1.75. The van der Waals surface area contributed by atoms with Gasteiger partial charge in [-0.3, -0.25) is 9.59 Å². The molecule has 0 aliphatic carbocycles. The zero-order chi connectivity index (χ0) is 17.7. The third-order valence-electron chi connectivity index (χ3n) is 4.09. The lowest BCUT2D eigenvalue weighted by atomic mass is 10.3. The lowest BCUT2D eigenvalue weighted by Gasteiger charge is -2.33. The molecule has 1 amide bonds. The van der Waals surface area contributed by atoms with Crippen molar-refractivity contribution in [2.24, 2.45) is 0 Å². The van der Waals surface area contributed by atoms with Crippen LogP contribution in [0.3, 0.4) is 0 Å². The van der Waals surface area contributed by atoms with Crippen LogP contribution in [-0.4, -0.2) is 65.2 Å². The molecule has 0 spiro atoms. The average Bonchev–Trinajstić information content (AvgIpc) is 2.60. The maximum atomic E-state index is 12.5. The number of hydrogen-bond donors (Lipinski definition) is 0. The van der Waals surface area contributed by atoms with E-state index in [-0.39, 0.29) is 36.0 Å². The molecule has 0 saturated carbocycles. The maximum absolute atomic E-state index is 12.5. The van der Waals surface area contributed by atoms with E-state index < -0.39 is 10.0 Å². The topological polar surface area (TPSA) is 92.6 Å². The van der Waals surface area contributed by atoms with Gasteiger partial charge in [0.05, 0.1) is 5.75 Å². The number of aromatic nitrogens is 2. The van der Waals surface area contributed by atoms with E-state index in [2.05, 4.69) is 5.10 Å². The summed E-state index contributed by atoms with van der Waals surface area (Å²) < 4.78 is 26.4. The number of hydrogen-bond acceptors (Lipinski definition) is 5. The first kappa shape index (κ1) is 18.6. The molecule has 0 bridgehead atoms. The molecule has 0 N–H and O–H groups in total. The van der Waals surface area contributed by atoms with Gasteiger partial charge in [0.2, 0.25) is 10.0 Å². The van der Waals surface area contributed by atoms with Crippen LogP contribution in [-0.2, 0) is 16.6 Å². The van der Waals surface area contributed by atoms with Crippen LogP contribution < -0.4 is 5.56 Å². The second-order valence-electron chi connectivity index (χ2n) is 5.73. The van der Waals surface area contributed by atoms with E-state index in [4.69, 9.17) is 0 Å². The molecular weight excluding hydrogens is 332 g/mol. The molecule has 9 heteroatoms. The fraction of sp³-hybridized carbons (Fsp3) is 0.667. The monoisotopic (exact) mass is 356 g/mol. The Kier molecular flexibility index (Phi) is 6.11. The Hall–Kier alpha value is -1.74. The molecule has 0 unspecified atom stereocenters. The third-order valence-corrected chi connectivity index (χ3v) is 5.97. The molecule has 2 rings (SSSR count). The fourth-order valence-electron chi connectivity index (χ4n) is 2.54. The molecule has 1 saturated heterocycles. The molecule has 1 fully saturated rings. The van der Waals surface area contributed by atoms with Crippen LogP contribution in [0.25, 0.3) is 0 Å². The Bertz CT molecular complexity index is 736. The quantitative estimate of drug-likeness (QED) is 0.723. The number of rotatable bonds is 6. The molecule has 1 aliphatic heterocycles. The minimum Gasteiger partial charge on any atom is -0.335 e. The number of carbonyl (C=O) groups excluding carboxylic acids is 1. The molecule has 1 aromatic rings. The smallest absolute Gasteiger partial charge is 0.274 e. The molecule has 134 valence electrons. The van der Waals surface area contributed by atoms with Gasteiger partial charge in [-0.2, -0.15) is 9.40 Å². The lowest BCUT2D eigenvalue weighted by molar-refractivity contribution is 0.0689. The Morgan fingerprint density at radius 3 is 2.42 bits per heavy atom. The zero-order valence-corrected chi connectivity index (χ0v) is 15.0. The summed E-state index contributed by atoms with van der Waals surface area (Å²) in [6, 6.07) is 2.79. The summed E-state index contributed by atoms with van der Waals surface area (Å²) in [5.74, 6) is -0.209. The summed E-state index contributed by atoms with van der Waals surface area (Å²) in [5, 5.41) is 4.15. The van der Waals surface area contributed by atoms with Crippen molar-refractivity contribution < 1.29 is 13.2 Å². The molecule has 1 aromatic heterocycles. The van der Waals surface area contributed by atoms with Gasteiger partial charge in [-0.1, -0.05) is 13.3 Å². The number of carbonyl (C=O) groups is 1. The standard InChI is InChI=1S/C15H24N4O4S/c1-3-5-8-19-14(20)7-6-13(16-19)15(21)17-9-11-18(12-10-17)24(22,23)4-2/h6-7H,3-5,8-12H2,1-2H3. The lowest BCUT2D eigenvalue weighted by Crippen LogP contribution is -2.51. The van der Waals surface area contributed by atoms with Crippen molar-refractivity contribution in [2.45, 2.75) is 33.2 Å². The van der Waals surface area contributed by atoms with Crippen LogP contribution in [0, 0.1) is 0 Å². The second kappa shape index (κ2) is 7.89. The van der Waals surface area contributed by atoms with Gasteiger partial charge in [0, 0.05) is 38.8 Å². The molecular formula is C15H24N4O4S. The first-order valence-corrected chi connectivity index (χ1v) is 9.85. The van der Waals surface area contributed by atoms with Gasteiger partial charge in [0.1, 0.15) is 5.69 Å². The SMILES string of the molecule is CCCCn1nc(C(=O)N2CCN(S(=O)(=O)CC)CC2)ccc1=O. The Balaban J connectivity index is 2.07. The molecule has 0 atom stereocenters. The normalized spacial score (nSPS) is 16.3. The van der Waals surface area contributed by atoms with Gasteiger partial charge < -0.3 is 4.90 Å². The number of piperazine rings is 1. The van der Waals surface area contributed by atoms with Crippen molar-refractivity contribution in [1.82, 2.24) is 19.0 Å². The van der Waals surface area contributed by atoms with E-state index in [0.717, 1.165) is 12.8 Å². The fourth-order valence-corrected chi connectivity index (χ4v) is 3.63. The highest BCUT2D eigenvalue weighted by Gasteiger charge is 2.28. The van der Waals surface area contributed by atoms with Gasteiger partial charge in [0.15, 0.2) is 0 Å². The zero-order valence-electron chi connectivity index (χ0n) is 14.1. The molecule has 8 nitrogen and oxygen atoms in total. The van der Waals surface area contributed by atoms with Gasteiger partial charge in [0.25, 0.3) is 11.5 Å². The predicted octanol–water partition coefficient (Wildman–Crippen LogP) is 0.151. The van der Waals surface area contributed by atoms with E-state index in [1.807, 2.05) is 6.92 Å². The van der Waals surface area contributed by atoms with E-state index in [0.29, 0.717) is 19.6 Å². The van der Waals surface area contributed by atoms with Gasteiger partial charge in [-0.05, 0) is 19.4 Å². The number of amides is 1. The van der Waals surface area contributed by atoms with Crippen molar-refractivity contribution in [3.63, 3.8) is 0 Å². The first-order chi connectivity index (χ1) is 11.4. The number of nitrogens with zero attached hydrogens (tertiary/aromatic N) is 4. The van der Waals surface area contributed by atoms with Gasteiger partial charge in [-0.25, -0.2) is 13.1 Å². The minimum atomic E-state index is -3.22. The van der Waals surface area contributed by atoms with Crippen molar-refractivity contribution in [3.8, 4) is 0 Å². The third kappa shape index (κ3) is 4.21. The number of unbranched alkanes of at least 4 members (excludes halogenated alkanes) is 1. The largest absolute Gasteiger partial charge is 0.335 e. The summed E-state index contributed by atoms with van der Waals surface area (Å²) in [5.41, 5.74) is -0.00337. The second-order valence-corrected chi connectivity index (χ2v) is 7.98. The summed E-state index contributed by atoms with van der Waals surface area (Å²) in [6.45, 7) is 5.34. The Morgan fingerprint density at radius 1 is 1.17 bits per heavy atom. The highest BCUT2D eigenvalue weighted by atomic mass is 32.2. The highest BCUT2D eigenvalue weighted by Crippen LogP contribution is 2.10. The minimum absolute atomic E-state index is 0.0604. The Morgan fingerprint density at radius 2 is 1.83 bits per heavy atom. The number of aryl methyl sites for hydroxylation is 1. The number of sulfonamides is 1. The van der Waals surface area contributed by atoms with Crippen LogP contribution in [0.15, 0.2) is 16.9 Å². The van der Waals surface area contributed by atoms with Crippen LogP contribution in [0.4, 0.5) is 0 Å². The van der Waals surface area contributed by atoms with Crippen molar-refractivity contribution in [1.29, 1.82) is 0 Å². The molecule has 2 heterocycles. The Labute approximate surface area is 142 Å². The van der Waals surface area contributed by atoms with Crippen molar-refractivity contribution in [3.05, 3.63) is 28.2 Å². The molecule has 0 aromatic carbocycles. The first-order valence-electron chi connectivity index (χ1n) is 8.24. The summed E-state index contributed by atoms with van der Waals surface area (Å²) in [7, 11) is -3.22. The van der Waals surface area contributed by atoms with Crippen molar-refractivity contribution >= 4 is 15.9 Å². The van der Waals surface area contributed by atoms with Crippen LogP contribution in [0.5, 0.6) is 0 Å². The van der Waals surface area contributed by atoms with Crippen LogP contribution in [0.1, 0.15) is 37.2 Å².